The molecule has 40 heavy (non-hydrogen) atoms. The molecule has 3 rings (SSSR count). The highest BCUT2D eigenvalue weighted by atomic mass is 79.9. The quantitative estimate of drug-likeness (QED) is 0.233. The van der Waals surface area contributed by atoms with Crippen molar-refractivity contribution in [2.75, 3.05) is 12.3 Å². The molecule has 1 atom stereocenters. The highest BCUT2D eigenvalue weighted by molar-refractivity contribution is 9.10. The fraction of sp³-hybridized carbons (Fsp3) is 0.519. The molecule has 2 amide bonds. The predicted octanol–water partition coefficient (Wildman–Crippen LogP) is 5.31. The minimum atomic E-state index is -3.81. The van der Waals surface area contributed by atoms with E-state index in [-0.39, 0.29) is 34.6 Å². The number of alkyl carbamates (subject to hydrolysis) is 1. The standard InChI is InChI=1S/C27H36BrFN4O5S2/c1-17(18-5-9-20(29)10-6-18)32-24(34)19-7-11-21(12-8-19)33-40(36,37)22-15-23(28)25(31-16-22)39-14-13-30-26(35)38-27(2,3)4/h5-6,9-10,15-17,19,21,33H,7-8,11-14H2,1-4H3,(H,30,35)(H,32,34). The Hall–Kier alpha value is -2.22. The third-order valence-electron chi connectivity index (χ3n) is 6.25. The topological polar surface area (TPSA) is 126 Å². The Bertz CT molecular complexity index is 1280. The Morgan fingerprint density at radius 3 is 2.42 bits per heavy atom. The van der Waals surface area contributed by atoms with E-state index in [1.54, 1.807) is 32.9 Å². The summed E-state index contributed by atoms with van der Waals surface area (Å²) in [7, 11) is -3.81. The van der Waals surface area contributed by atoms with Gasteiger partial charge in [-0.05, 0) is 93.1 Å². The minimum Gasteiger partial charge on any atom is -0.444 e. The van der Waals surface area contributed by atoms with Crippen LogP contribution in [0.15, 0.2) is 50.9 Å². The first-order valence-electron chi connectivity index (χ1n) is 13.1. The molecule has 9 nitrogen and oxygen atoms in total. The molecule has 1 fully saturated rings. The molecular weight excluding hydrogens is 623 g/mol. The SMILES string of the molecule is CC(NC(=O)C1CCC(NS(=O)(=O)c2cnc(SCCNC(=O)OC(C)(C)C)c(Br)c2)CC1)c1ccc(F)cc1. The van der Waals surface area contributed by atoms with E-state index in [0.717, 1.165) is 5.56 Å². The molecule has 13 heteroatoms. The molecule has 0 radical (unpaired) electrons. The highest BCUT2D eigenvalue weighted by Gasteiger charge is 2.30. The first-order valence-corrected chi connectivity index (χ1v) is 16.3. The lowest BCUT2D eigenvalue weighted by Gasteiger charge is -2.29. The summed E-state index contributed by atoms with van der Waals surface area (Å²) in [5, 5.41) is 6.25. The molecule has 2 aromatic rings. The molecular formula is C27H36BrFN4O5S2. The molecule has 1 aromatic heterocycles. The van der Waals surface area contributed by atoms with E-state index in [9.17, 15) is 22.4 Å². The van der Waals surface area contributed by atoms with Crippen molar-refractivity contribution in [3.63, 3.8) is 0 Å². The number of carbonyl (C=O) groups is 2. The van der Waals surface area contributed by atoms with Crippen LogP contribution in [0.5, 0.6) is 0 Å². The summed E-state index contributed by atoms with van der Waals surface area (Å²) < 4.78 is 47.7. The number of pyridine rings is 1. The lowest BCUT2D eigenvalue weighted by molar-refractivity contribution is -0.126. The monoisotopic (exact) mass is 658 g/mol. The van der Waals surface area contributed by atoms with E-state index in [0.29, 0.717) is 47.5 Å². The van der Waals surface area contributed by atoms with Crippen LogP contribution < -0.4 is 15.4 Å². The van der Waals surface area contributed by atoms with Crippen LogP contribution in [0.2, 0.25) is 0 Å². The first kappa shape index (κ1) is 32.3. The zero-order valence-electron chi connectivity index (χ0n) is 23.0. The van der Waals surface area contributed by atoms with Crippen LogP contribution in [0, 0.1) is 11.7 Å². The molecule has 0 aliphatic heterocycles. The van der Waals surface area contributed by atoms with Crippen molar-refractivity contribution >= 4 is 49.7 Å². The van der Waals surface area contributed by atoms with Gasteiger partial charge in [0.15, 0.2) is 0 Å². The summed E-state index contributed by atoms with van der Waals surface area (Å²) in [5.41, 5.74) is 0.244. The molecule has 1 aliphatic carbocycles. The van der Waals surface area contributed by atoms with Crippen LogP contribution in [0.4, 0.5) is 9.18 Å². The van der Waals surface area contributed by atoms with Crippen molar-refractivity contribution in [2.24, 2.45) is 5.92 Å². The number of carbonyl (C=O) groups excluding carboxylic acids is 2. The summed E-state index contributed by atoms with van der Waals surface area (Å²) in [4.78, 5) is 28.8. The maximum atomic E-state index is 13.2. The zero-order chi connectivity index (χ0) is 29.5. The van der Waals surface area contributed by atoms with Crippen LogP contribution in [-0.2, 0) is 19.6 Å². The van der Waals surface area contributed by atoms with Gasteiger partial charge in [-0.25, -0.2) is 27.3 Å². The van der Waals surface area contributed by atoms with E-state index >= 15 is 0 Å². The second-order valence-corrected chi connectivity index (χ2v) is 14.3. The Morgan fingerprint density at radius 2 is 1.82 bits per heavy atom. The number of hydrogen-bond acceptors (Lipinski definition) is 7. The number of amides is 2. The maximum Gasteiger partial charge on any atom is 0.407 e. The highest BCUT2D eigenvalue weighted by Crippen LogP contribution is 2.29. The third-order valence-corrected chi connectivity index (χ3v) is 9.61. The lowest BCUT2D eigenvalue weighted by atomic mass is 9.85. The molecule has 0 bridgehead atoms. The molecule has 1 aromatic carbocycles. The van der Waals surface area contributed by atoms with Crippen molar-refractivity contribution in [2.45, 2.75) is 81.0 Å². The van der Waals surface area contributed by atoms with E-state index in [1.807, 2.05) is 6.92 Å². The minimum absolute atomic E-state index is 0.0450. The Labute approximate surface area is 248 Å². The van der Waals surface area contributed by atoms with Crippen molar-refractivity contribution in [1.29, 1.82) is 0 Å². The van der Waals surface area contributed by atoms with Gasteiger partial charge in [0.2, 0.25) is 15.9 Å². The van der Waals surface area contributed by atoms with Gasteiger partial charge in [-0.3, -0.25) is 4.79 Å². The fourth-order valence-electron chi connectivity index (χ4n) is 4.20. The summed E-state index contributed by atoms with van der Waals surface area (Å²) >= 11 is 4.77. The number of rotatable bonds is 10. The molecule has 0 spiro atoms. The number of sulfonamides is 1. The average Bonchev–Trinajstić information content (AvgIpc) is 2.86. The normalized spacial score (nSPS) is 18.6. The summed E-state index contributed by atoms with van der Waals surface area (Å²) in [6, 6.07) is 7.00. The van der Waals surface area contributed by atoms with Crippen molar-refractivity contribution < 1.29 is 27.1 Å². The van der Waals surface area contributed by atoms with Gasteiger partial charge in [0.1, 0.15) is 21.3 Å². The molecule has 1 unspecified atom stereocenters. The number of benzene rings is 1. The first-order chi connectivity index (χ1) is 18.7. The van der Waals surface area contributed by atoms with E-state index in [2.05, 4.69) is 36.3 Å². The zero-order valence-corrected chi connectivity index (χ0v) is 26.2. The number of thioether (sulfide) groups is 1. The smallest absolute Gasteiger partial charge is 0.407 e. The van der Waals surface area contributed by atoms with Crippen molar-refractivity contribution in [1.82, 2.24) is 20.3 Å². The Kier molecular flexibility index (Phi) is 11.4. The van der Waals surface area contributed by atoms with Crippen LogP contribution >= 0.6 is 27.7 Å². The summed E-state index contributed by atoms with van der Waals surface area (Å²) in [6.45, 7) is 7.58. The van der Waals surface area contributed by atoms with Crippen LogP contribution in [-0.4, -0.2) is 49.3 Å². The third kappa shape index (κ3) is 10.0. The van der Waals surface area contributed by atoms with Crippen molar-refractivity contribution in [3.8, 4) is 0 Å². The van der Waals surface area contributed by atoms with Crippen molar-refractivity contribution in [3.05, 3.63) is 52.4 Å². The van der Waals surface area contributed by atoms with Gasteiger partial charge < -0.3 is 15.4 Å². The second-order valence-electron chi connectivity index (χ2n) is 10.7. The number of nitrogens with zero attached hydrogens (tertiary/aromatic N) is 1. The molecule has 3 N–H and O–H groups in total. The molecule has 1 heterocycles. The van der Waals surface area contributed by atoms with Gasteiger partial charge in [-0.1, -0.05) is 12.1 Å². The van der Waals surface area contributed by atoms with Crippen LogP contribution in [0.1, 0.15) is 65.0 Å². The van der Waals surface area contributed by atoms with Gasteiger partial charge in [-0.2, -0.15) is 0 Å². The Morgan fingerprint density at radius 1 is 1.18 bits per heavy atom. The van der Waals surface area contributed by atoms with Gasteiger partial charge in [0, 0.05) is 30.5 Å². The average molecular weight is 660 g/mol. The van der Waals surface area contributed by atoms with Gasteiger partial charge in [-0.15, -0.1) is 11.8 Å². The summed E-state index contributed by atoms with van der Waals surface area (Å²) in [5.74, 6) is -0.0961. The van der Waals surface area contributed by atoms with Crippen LogP contribution in [0.3, 0.4) is 0 Å². The second kappa shape index (κ2) is 14.1. The van der Waals surface area contributed by atoms with Gasteiger partial charge in [0.25, 0.3) is 0 Å². The molecule has 1 aliphatic rings. The predicted molar refractivity (Wildman–Crippen MR) is 156 cm³/mol. The summed E-state index contributed by atoms with van der Waals surface area (Å²) in [6.07, 6.45) is 3.01. The molecule has 0 saturated heterocycles. The number of aromatic nitrogens is 1. The van der Waals surface area contributed by atoms with E-state index in [1.165, 1.54) is 36.2 Å². The number of hydrogen-bond donors (Lipinski definition) is 3. The van der Waals surface area contributed by atoms with Gasteiger partial charge >= 0.3 is 6.09 Å². The maximum absolute atomic E-state index is 13.2. The number of halogens is 2. The molecule has 220 valence electrons. The van der Waals surface area contributed by atoms with E-state index < -0.39 is 21.7 Å². The van der Waals surface area contributed by atoms with Crippen LogP contribution in [0.25, 0.3) is 0 Å². The van der Waals surface area contributed by atoms with Gasteiger partial charge in [0.05, 0.1) is 10.5 Å². The number of ether oxygens (including phenoxy) is 1. The van der Waals surface area contributed by atoms with E-state index in [4.69, 9.17) is 4.74 Å². The Balaban J connectivity index is 1.45. The lowest BCUT2D eigenvalue weighted by Crippen LogP contribution is -2.41. The fourth-order valence-corrected chi connectivity index (χ4v) is 7.04. The number of nitrogens with one attached hydrogen (secondary N) is 3. The molecule has 1 saturated carbocycles. The largest absolute Gasteiger partial charge is 0.444 e.